The molecule has 0 heterocycles. The molecule has 0 saturated heterocycles. The largest absolute Gasteiger partial charge is 0.465 e. The zero-order valence-corrected chi connectivity index (χ0v) is 12.7. The predicted octanol–water partition coefficient (Wildman–Crippen LogP) is 3.17. The number of carboxylic acid groups (broad SMARTS) is 1. The van der Waals surface area contributed by atoms with Crippen LogP contribution in [0.3, 0.4) is 0 Å². The topological polar surface area (TPSA) is 60.8 Å². The van der Waals surface area contributed by atoms with Gasteiger partial charge in [0.05, 0.1) is 6.04 Å². The van der Waals surface area contributed by atoms with Crippen LogP contribution in [0.25, 0.3) is 0 Å². The van der Waals surface area contributed by atoms with Crippen molar-refractivity contribution in [1.82, 2.24) is 4.90 Å². The number of hydrogen-bond acceptors (Lipinski definition) is 2. The standard InChI is InChI=1S/C16H19F2NO3/c1-5-6-13(19(15(21)22)16(2,3)4)14(20)11-9-10(17)7-8-12(11)18/h1,7-9,13-14,20H,6H2,2-4H3,(H,21,22)/t13-,14-/m0/s1. The first-order valence-corrected chi connectivity index (χ1v) is 6.68. The van der Waals surface area contributed by atoms with Crippen molar-refractivity contribution < 1.29 is 23.8 Å². The Morgan fingerprint density at radius 3 is 2.45 bits per heavy atom. The first kappa shape index (κ1) is 17.9. The summed E-state index contributed by atoms with van der Waals surface area (Å²) in [5.41, 5.74) is -1.20. The van der Waals surface area contributed by atoms with Crippen LogP contribution in [-0.2, 0) is 0 Å². The molecular formula is C16H19F2NO3. The lowest BCUT2D eigenvalue weighted by Crippen LogP contribution is -2.53. The van der Waals surface area contributed by atoms with Crippen molar-refractivity contribution in [3.8, 4) is 12.3 Å². The Labute approximate surface area is 128 Å². The molecule has 1 aromatic rings. The van der Waals surface area contributed by atoms with E-state index in [2.05, 4.69) is 5.92 Å². The first-order valence-electron chi connectivity index (χ1n) is 6.68. The molecule has 1 rings (SSSR count). The van der Waals surface area contributed by atoms with E-state index in [0.29, 0.717) is 0 Å². The van der Waals surface area contributed by atoms with Gasteiger partial charge >= 0.3 is 6.09 Å². The monoisotopic (exact) mass is 311 g/mol. The zero-order valence-electron chi connectivity index (χ0n) is 12.7. The quantitative estimate of drug-likeness (QED) is 0.840. The highest BCUT2D eigenvalue weighted by atomic mass is 19.1. The van der Waals surface area contributed by atoms with Crippen LogP contribution in [0.15, 0.2) is 18.2 Å². The van der Waals surface area contributed by atoms with Gasteiger partial charge in [-0.05, 0) is 39.0 Å². The van der Waals surface area contributed by atoms with E-state index in [9.17, 15) is 23.8 Å². The van der Waals surface area contributed by atoms with Gasteiger partial charge in [-0.1, -0.05) is 0 Å². The van der Waals surface area contributed by atoms with E-state index >= 15 is 0 Å². The van der Waals surface area contributed by atoms with E-state index in [1.807, 2.05) is 0 Å². The van der Waals surface area contributed by atoms with Crippen molar-refractivity contribution in [2.45, 2.75) is 44.9 Å². The lowest BCUT2D eigenvalue weighted by Gasteiger charge is -2.41. The minimum absolute atomic E-state index is 0.138. The third kappa shape index (κ3) is 3.95. The van der Waals surface area contributed by atoms with Crippen LogP contribution in [0.5, 0.6) is 0 Å². The summed E-state index contributed by atoms with van der Waals surface area (Å²) in [7, 11) is 0. The van der Waals surface area contributed by atoms with Gasteiger partial charge in [-0.25, -0.2) is 13.6 Å². The van der Waals surface area contributed by atoms with Gasteiger partial charge in [0.15, 0.2) is 0 Å². The molecule has 0 aliphatic heterocycles. The normalized spacial score (nSPS) is 14.0. The van der Waals surface area contributed by atoms with E-state index in [0.717, 1.165) is 23.1 Å². The maximum Gasteiger partial charge on any atom is 0.408 e. The number of terminal acetylenes is 1. The Morgan fingerprint density at radius 1 is 1.41 bits per heavy atom. The maximum atomic E-state index is 13.8. The smallest absolute Gasteiger partial charge is 0.408 e. The van der Waals surface area contributed by atoms with E-state index in [-0.39, 0.29) is 12.0 Å². The molecule has 1 aromatic carbocycles. The molecule has 0 bridgehead atoms. The highest BCUT2D eigenvalue weighted by molar-refractivity contribution is 5.66. The van der Waals surface area contributed by atoms with Gasteiger partial charge in [0.1, 0.15) is 17.7 Å². The molecule has 0 spiro atoms. The second-order valence-electron chi connectivity index (χ2n) is 5.91. The molecule has 0 saturated carbocycles. The third-order valence-electron chi connectivity index (χ3n) is 3.23. The molecule has 2 atom stereocenters. The second kappa shape index (κ2) is 6.75. The molecule has 0 radical (unpaired) electrons. The second-order valence-corrected chi connectivity index (χ2v) is 5.91. The lowest BCUT2D eigenvalue weighted by molar-refractivity contribution is 0.00695. The predicted molar refractivity (Wildman–Crippen MR) is 78.2 cm³/mol. The van der Waals surface area contributed by atoms with Gasteiger partial charge in [0.25, 0.3) is 0 Å². The van der Waals surface area contributed by atoms with Crippen molar-refractivity contribution >= 4 is 6.09 Å². The van der Waals surface area contributed by atoms with Crippen LogP contribution in [0.4, 0.5) is 13.6 Å². The van der Waals surface area contributed by atoms with Gasteiger partial charge in [0.2, 0.25) is 0 Å². The fraction of sp³-hybridized carbons (Fsp3) is 0.438. The molecule has 6 heteroatoms. The number of aliphatic hydroxyl groups excluding tert-OH is 1. The summed E-state index contributed by atoms with van der Waals surface area (Å²) in [5, 5.41) is 19.8. The van der Waals surface area contributed by atoms with E-state index in [4.69, 9.17) is 6.42 Å². The molecule has 2 N–H and O–H groups in total. The molecule has 1 amide bonds. The average molecular weight is 311 g/mol. The summed E-state index contributed by atoms with van der Waals surface area (Å²) in [4.78, 5) is 12.5. The lowest BCUT2D eigenvalue weighted by atomic mass is 9.94. The Balaban J connectivity index is 3.32. The molecule has 120 valence electrons. The Morgan fingerprint density at radius 2 is 2.00 bits per heavy atom. The van der Waals surface area contributed by atoms with Crippen LogP contribution in [0.2, 0.25) is 0 Å². The first-order chi connectivity index (χ1) is 10.1. The van der Waals surface area contributed by atoms with Crippen LogP contribution >= 0.6 is 0 Å². The van der Waals surface area contributed by atoms with Gasteiger partial charge < -0.3 is 10.2 Å². The molecule has 0 aliphatic rings. The average Bonchev–Trinajstić information content (AvgIpc) is 2.38. The van der Waals surface area contributed by atoms with Crippen molar-refractivity contribution in [3.05, 3.63) is 35.4 Å². The Hall–Kier alpha value is -2.13. The number of hydrogen-bond donors (Lipinski definition) is 2. The SMILES string of the molecule is C#CC[C@@H]([C@@H](O)c1cc(F)ccc1F)N(C(=O)O)C(C)(C)C. The molecule has 0 aromatic heterocycles. The van der Waals surface area contributed by atoms with Crippen LogP contribution in [-0.4, -0.2) is 32.8 Å². The van der Waals surface area contributed by atoms with Crippen molar-refractivity contribution in [2.75, 3.05) is 0 Å². The summed E-state index contributed by atoms with van der Waals surface area (Å²) in [5.74, 6) is 0.726. The highest BCUT2D eigenvalue weighted by Gasteiger charge is 2.38. The minimum Gasteiger partial charge on any atom is -0.465 e. The summed E-state index contributed by atoms with van der Waals surface area (Å²) >= 11 is 0. The molecular weight excluding hydrogens is 292 g/mol. The van der Waals surface area contributed by atoms with Crippen LogP contribution in [0.1, 0.15) is 38.9 Å². The van der Waals surface area contributed by atoms with Gasteiger partial charge in [-0.15, -0.1) is 12.3 Å². The number of amides is 1. The van der Waals surface area contributed by atoms with Crippen LogP contribution < -0.4 is 0 Å². The summed E-state index contributed by atoms with van der Waals surface area (Å²) in [6.45, 7) is 4.87. The van der Waals surface area contributed by atoms with Crippen molar-refractivity contribution in [2.24, 2.45) is 0 Å². The van der Waals surface area contributed by atoms with Crippen molar-refractivity contribution in [3.63, 3.8) is 0 Å². The number of halogens is 2. The Bertz CT molecular complexity index is 590. The van der Waals surface area contributed by atoms with Gasteiger partial charge in [-0.3, -0.25) is 4.90 Å². The van der Waals surface area contributed by atoms with E-state index in [1.165, 1.54) is 0 Å². The number of benzene rings is 1. The summed E-state index contributed by atoms with van der Waals surface area (Å²) < 4.78 is 27.1. The maximum absolute atomic E-state index is 13.8. The fourth-order valence-corrected chi connectivity index (χ4v) is 2.34. The zero-order chi connectivity index (χ0) is 17.1. The minimum atomic E-state index is -1.58. The fourth-order valence-electron chi connectivity index (χ4n) is 2.34. The van der Waals surface area contributed by atoms with Crippen molar-refractivity contribution in [1.29, 1.82) is 0 Å². The third-order valence-corrected chi connectivity index (χ3v) is 3.23. The number of rotatable bonds is 4. The molecule has 4 nitrogen and oxygen atoms in total. The molecule has 0 unspecified atom stereocenters. The number of nitrogens with zero attached hydrogens (tertiary/aromatic N) is 1. The number of aliphatic hydroxyl groups is 1. The van der Waals surface area contributed by atoms with Gasteiger partial charge in [0, 0.05) is 17.5 Å². The van der Waals surface area contributed by atoms with E-state index in [1.54, 1.807) is 20.8 Å². The molecule has 0 aliphatic carbocycles. The summed E-state index contributed by atoms with van der Waals surface area (Å²) in [6.07, 6.45) is 2.22. The molecule has 22 heavy (non-hydrogen) atoms. The summed E-state index contributed by atoms with van der Waals surface area (Å²) in [6, 6.07) is 1.54. The Kier molecular flexibility index (Phi) is 5.50. The molecule has 0 fully saturated rings. The van der Waals surface area contributed by atoms with E-state index < -0.39 is 35.4 Å². The number of carbonyl (C=O) groups is 1. The highest BCUT2D eigenvalue weighted by Crippen LogP contribution is 2.30. The van der Waals surface area contributed by atoms with Gasteiger partial charge in [-0.2, -0.15) is 0 Å². The van der Waals surface area contributed by atoms with Crippen LogP contribution in [0, 0.1) is 24.0 Å².